The molecule has 2 fully saturated rings. The summed E-state index contributed by atoms with van der Waals surface area (Å²) in [5, 5.41) is 0. The fraction of sp³-hybridized carbons (Fsp3) is 0.611. The van der Waals surface area contributed by atoms with E-state index in [9.17, 15) is 4.79 Å². The Labute approximate surface area is 146 Å². The molecule has 2 heterocycles. The predicted octanol–water partition coefficient (Wildman–Crippen LogP) is 3.59. The highest BCUT2D eigenvalue weighted by molar-refractivity contribution is 14.1. The molecule has 0 aliphatic carbocycles. The van der Waals surface area contributed by atoms with Gasteiger partial charge in [-0.3, -0.25) is 9.69 Å². The Morgan fingerprint density at radius 2 is 2.18 bits per heavy atom. The largest absolute Gasteiger partial charge is 0.469 e. The molecule has 0 saturated carbocycles. The normalized spacial score (nSPS) is 31.3. The first-order valence-electron chi connectivity index (χ1n) is 8.14. The van der Waals surface area contributed by atoms with Crippen LogP contribution in [0.4, 0.5) is 0 Å². The number of hydrogen-bond acceptors (Lipinski definition) is 3. The zero-order valence-corrected chi connectivity index (χ0v) is 15.7. The van der Waals surface area contributed by atoms with E-state index in [0.717, 1.165) is 19.3 Å². The minimum atomic E-state index is -0.0447. The number of rotatable bonds is 3. The first-order chi connectivity index (χ1) is 10.6. The highest BCUT2D eigenvalue weighted by Gasteiger charge is 2.49. The van der Waals surface area contributed by atoms with Crippen molar-refractivity contribution in [1.82, 2.24) is 4.90 Å². The van der Waals surface area contributed by atoms with Crippen molar-refractivity contribution in [3.8, 4) is 0 Å². The van der Waals surface area contributed by atoms with Gasteiger partial charge >= 0.3 is 5.97 Å². The number of halogens is 1. The van der Waals surface area contributed by atoms with Gasteiger partial charge < -0.3 is 4.74 Å². The van der Waals surface area contributed by atoms with Crippen molar-refractivity contribution in [2.45, 2.75) is 50.6 Å². The summed E-state index contributed by atoms with van der Waals surface area (Å²) in [5.41, 5.74) is 2.69. The monoisotopic (exact) mass is 413 g/mol. The number of methoxy groups -OCH3 is 1. The highest BCUT2D eigenvalue weighted by Crippen LogP contribution is 2.46. The van der Waals surface area contributed by atoms with Gasteiger partial charge in [0, 0.05) is 21.6 Å². The summed E-state index contributed by atoms with van der Waals surface area (Å²) < 4.78 is 6.46. The second kappa shape index (κ2) is 6.48. The smallest absolute Gasteiger partial charge is 0.310 e. The van der Waals surface area contributed by atoms with Crippen molar-refractivity contribution in [3.63, 3.8) is 0 Å². The molecule has 4 heteroatoms. The van der Waals surface area contributed by atoms with Gasteiger partial charge in [0.1, 0.15) is 0 Å². The summed E-state index contributed by atoms with van der Waals surface area (Å²) in [6, 6.07) is 7.68. The van der Waals surface area contributed by atoms with Crippen molar-refractivity contribution in [2.75, 3.05) is 14.2 Å². The Hall–Kier alpha value is -0.620. The molecule has 120 valence electrons. The quantitative estimate of drug-likeness (QED) is 0.561. The highest BCUT2D eigenvalue weighted by atomic mass is 127. The standard InChI is InChI=1S/C18H24INO2/c1-4-11-5-6-12(9-15(11)19)14-10-13-7-8-16(20(13)2)17(14)18(21)22-3/h5-6,9,13-14,16-17H,4,7-8,10H2,1-3H3/t13-,14-,16?,17?/m1/s1. The van der Waals surface area contributed by atoms with Crippen LogP contribution in [0.15, 0.2) is 18.2 Å². The first kappa shape index (κ1) is 16.2. The van der Waals surface area contributed by atoms with E-state index in [2.05, 4.69) is 59.7 Å². The van der Waals surface area contributed by atoms with Gasteiger partial charge in [0.15, 0.2) is 0 Å². The summed E-state index contributed by atoms with van der Waals surface area (Å²) in [6.07, 6.45) is 4.43. The first-order valence-corrected chi connectivity index (χ1v) is 9.22. The van der Waals surface area contributed by atoms with Gasteiger partial charge in [0.25, 0.3) is 0 Å². The van der Waals surface area contributed by atoms with Gasteiger partial charge in [-0.1, -0.05) is 19.1 Å². The molecule has 22 heavy (non-hydrogen) atoms. The maximum absolute atomic E-state index is 12.4. The van der Waals surface area contributed by atoms with E-state index < -0.39 is 0 Å². The SMILES string of the molecule is CCc1ccc([C@H]2C[C@H]3CCC(C2C(=O)OC)N3C)cc1I. The predicted molar refractivity (Wildman–Crippen MR) is 96.0 cm³/mol. The Morgan fingerprint density at radius 3 is 2.82 bits per heavy atom. The molecule has 2 saturated heterocycles. The number of piperidine rings is 1. The van der Waals surface area contributed by atoms with Crippen molar-refractivity contribution in [2.24, 2.45) is 5.92 Å². The van der Waals surface area contributed by atoms with Crippen LogP contribution in [-0.4, -0.2) is 37.1 Å². The van der Waals surface area contributed by atoms with Crippen LogP contribution >= 0.6 is 22.6 Å². The lowest BCUT2D eigenvalue weighted by atomic mass is 9.76. The van der Waals surface area contributed by atoms with Crippen molar-refractivity contribution in [1.29, 1.82) is 0 Å². The number of fused-ring (bicyclic) bond motifs is 2. The molecule has 0 aromatic heterocycles. The van der Waals surface area contributed by atoms with E-state index >= 15 is 0 Å². The van der Waals surface area contributed by atoms with Gasteiger partial charge in [0.2, 0.25) is 0 Å². The molecule has 2 bridgehead atoms. The third-order valence-electron chi connectivity index (χ3n) is 5.63. The van der Waals surface area contributed by atoms with E-state index in [1.165, 1.54) is 28.2 Å². The molecule has 2 aliphatic rings. The fourth-order valence-corrected chi connectivity index (χ4v) is 5.27. The minimum Gasteiger partial charge on any atom is -0.469 e. The van der Waals surface area contributed by atoms with Crippen LogP contribution in [-0.2, 0) is 16.0 Å². The average molecular weight is 413 g/mol. The van der Waals surface area contributed by atoms with Crippen LogP contribution in [0.3, 0.4) is 0 Å². The van der Waals surface area contributed by atoms with Crippen LogP contribution < -0.4 is 0 Å². The molecule has 3 nitrogen and oxygen atoms in total. The zero-order chi connectivity index (χ0) is 15.9. The number of benzene rings is 1. The van der Waals surface area contributed by atoms with Crippen molar-refractivity contribution < 1.29 is 9.53 Å². The van der Waals surface area contributed by atoms with Gasteiger partial charge in [-0.25, -0.2) is 0 Å². The maximum atomic E-state index is 12.4. The Morgan fingerprint density at radius 1 is 1.41 bits per heavy atom. The van der Waals surface area contributed by atoms with Crippen molar-refractivity contribution in [3.05, 3.63) is 32.9 Å². The van der Waals surface area contributed by atoms with Gasteiger partial charge in [-0.05, 0) is 72.5 Å². The average Bonchev–Trinajstić information content (AvgIpc) is 2.76. The number of nitrogens with zero attached hydrogens (tertiary/aromatic N) is 1. The van der Waals surface area contributed by atoms with Crippen molar-refractivity contribution >= 4 is 28.6 Å². The molecule has 0 spiro atoms. The number of esters is 1. The number of ether oxygens (including phenoxy) is 1. The van der Waals surface area contributed by atoms with Crippen LogP contribution in [0.2, 0.25) is 0 Å². The number of carbonyl (C=O) groups excluding carboxylic acids is 1. The van der Waals surface area contributed by atoms with Gasteiger partial charge in [0.05, 0.1) is 13.0 Å². The third-order valence-corrected chi connectivity index (χ3v) is 6.63. The molecular formula is C18H24INO2. The lowest BCUT2D eigenvalue weighted by Crippen LogP contribution is -2.49. The van der Waals surface area contributed by atoms with E-state index in [1.54, 1.807) is 0 Å². The third kappa shape index (κ3) is 2.68. The number of carbonyl (C=O) groups is 1. The summed E-state index contributed by atoms with van der Waals surface area (Å²) >= 11 is 2.42. The molecule has 0 amide bonds. The zero-order valence-electron chi connectivity index (χ0n) is 13.5. The fourth-order valence-electron chi connectivity index (χ4n) is 4.35. The molecule has 0 radical (unpaired) electrons. The minimum absolute atomic E-state index is 0.0305. The molecule has 2 aliphatic heterocycles. The van der Waals surface area contributed by atoms with E-state index in [0.29, 0.717) is 18.0 Å². The van der Waals surface area contributed by atoms with Gasteiger partial charge in [-0.15, -0.1) is 0 Å². The topological polar surface area (TPSA) is 29.5 Å². The molecular weight excluding hydrogens is 389 g/mol. The maximum Gasteiger partial charge on any atom is 0.310 e. The second-order valence-corrected chi connectivity index (χ2v) is 7.72. The Kier molecular flexibility index (Phi) is 4.78. The summed E-state index contributed by atoms with van der Waals surface area (Å²) in [5.74, 6) is 0.217. The van der Waals surface area contributed by atoms with E-state index in [-0.39, 0.29) is 11.9 Å². The van der Waals surface area contributed by atoms with Gasteiger partial charge in [-0.2, -0.15) is 0 Å². The Balaban J connectivity index is 1.97. The number of aryl methyl sites for hydroxylation is 1. The lowest BCUT2D eigenvalue weighted by Gasteiger charge is -2.41. The summed E-state index contributed by atoms with van der Waals surface area (Å²) in [6.45, 7) is 2.18. The molecule has 1 aromatic carbocycles. The number of hydrogen-bond donors (Lipinski definition) is 0. The van der Waals surface area contributed by atoms with E-state index in [4.69, 9.17) is 4.74 Å². The van der Waals surface area contributed by atoms with E-state index in [1.807, 2.05) is 0 Å². The van der Waals surface area contributed by atoms with Crippen LogP contribution in [0.1, 0.15) is 43.2 Å². The van der Waals surface area contributed by atoms with Crippen LogP contribution in [0.25, 0.3) is 0 Å². The second-order valence-electron chi connectivity index (χ2n) is 6.56. The summed E-state index contributed by atoms with van der Waals surface area (Å²) in [4.78, 5) is 14.8. The lowest BCUT2D eigenvalue weighted by molar-refractivity contribution is -0.150. The molecule has 4 atom stereocenters. The van der Waals surface area contributed by atoms with Crippen LogP contribution in [0, 0.1) is 9.49 Å². The van der Waals surface area contributed by atoms with Crippen LogP contribution in [0.5, 0.6) is 0 Å². The molecule has 0 N–H and O–H groups in total. The molecule has 3 rings (SSSR count). The molecule has 1 aromatic rings. The molecule has 2 unspecified atom stereocenters. The Bertz CT molecular complexity index is 574. The summed E-state index contributed by atoms with van der Waals surface area (Å²) in [7, 11) is 3.68.